The Morgan fingerprint density at radius 3 is 2.26 bits per heavy atom. The van der Waals surface area contributed by atoms with Crippen LogP contribution in [0.5, 0.6) is 5.75 Å². The predicted molar refractivity (Wildman–Crippen MR) is 256 cm³/mol. The van der Waals surface area contributed by atoms with Gasteiger partial charge >= 0.3 is 12.2 Å². The standard InChI is InChI=1S/C51H55F2N9O7S/c1-24(2)42(58-49(65)67-5)46(63)61-35-18-29(35)20-37(61)45-55-22-31(56-45)26-11-12-33-28(16-26)19-36-41-30(52)17-27(21-38(41)69-48(62(33)36)40-14-13-39(70-40)25-9-10-25)32-23-54-44(57-32)34-8-7-15-60(34)47(64)43(51(3,4)53)59-50(66)68-6/h11-14,16-17,19,21-25,29,34-35,37,42-43,48H,7-10,15,18,20H2,1-6H3,(H,54,57)(H,55,56)(H,58,65)(H,59,66)/t29-,34+,35-,37+,42+,43?,48?/m1/s1. The number of carbonyl (C=O) groups is 4. The van der Waals surface area contributed by atoms with Crippen LogP contribution in [0.15, 0.2) is 60.9 Å². The lowest BCUT2D eigenvalue weighted by Gasteiger charge is -2.32. The fourth-order valence-electron chi connectivity index (χ4n) is 10.7. The fraction of sp³-hybridized carbons (Fsp3) is 0.451. The van der Waals surface area contributed by atoms with Crippen molar-refractivity contribution in [2.45, 2.75) is 114 Å². The Morgan fingerprint density at radius 1 is 0.857 bits per heavy atom. The van der Waals surface area contributed by atoms with Gasteiger partial charge in [0.2, 0.25) is 18.0 Å². The van der Waals surface area contributed by atoms with Crippen molar-refractivity contribution in [1.29, 1.82) is 0 Å². The Morgan fingerprint density at radius 2 is 1.56 bits per heavy atom. The van der Waals surface area contributed by atoms with E-state index in [1.807, 2.05) is 43.0 Å². The molecule has 19 heteroatoms. The van der Waals surface area contributed by atoms with Crippen molar-refractivity contribution < 1.29 is 42.2 Å². The van der Waals surface area contributed by atoms with E-state index in [0.29, 0.717) is 71.1 Å². The van der Waals surface area contributed by atoms with E-state index in [1.54, 1.807) is 23.7 Å². The number of aromatic nitrogens is 5. The number of hydrogen-bond donors (Lipinski definition) is 4. The van der Waals surface area contributed by atoms with Crippen LogP contribution >= 0.6 is 11.3 Å². The van der Waals surface area contributed by atoms with Gasteiger partial charge in [-0.2, -0.15) is 0 Å². The summed E-state index contributed by atoms with van der Waals surface area (Å²) < 4.78 is 50.8. The van der Waals surface area contributed by atoms with Gasteiger partial charge < -0.3 is 44.6 Å². The number of ether oxygens (including phenoxy) is 3. The molecule has 0 spiro atoms. The number of aromatic amines is 2. The van der Waals surface area contributed by atoms with Crippen LogP contribution < -0.4 is 15.4 Å². The Labute approximate surface area is 406 Å². The lowest BCUT2D eigenvalue weighted by atomic mass is 9.99. The fourth-order valence-corrected chi connectivity index (χ4v) is 11.9. The van der Waals surface area contributed by atoms with Gasteiger partial charge in [0, 0.05) is 34.0 Å². The molecule has 2 aromatic carbocycles. The Hall–Kier alpha value is -6.76. The summed E-state index contributed by atoms with van der Waals surface area (Å²) in [6.07, 6.45) is 6.40. The summed E-state index contributed by atoms with van der Waals surface area (Å²) in [5, 5.41) is 5.97. The van der Waals surface area contributed by atoms with Gasteiger partial charge in [-0.15, -0.1) is 11.3 Å². The highest BCUT2D eigenvalue weighted by Crippen LogP contribution is 2.54. The molecule has 70 heavy (non-hydrogen) atoms. The molecule has 11 rings (SSSR count). The van der Waals surface area contributed by atoms with Crippen molar-refractivity contribution in [3.63, 3.8) is 0 Å². The highest BCUT2D eigenvalue weighted by molar-refractivity contribution is 7.12. The highest BCUT2D eigenvalue weighted by atomic mass is 32.1. The van der Waals surface area contributed by atoms with Gasteiger partial charge in [0.25, 0.3) is 0 Å². The number of hydrogen-bond acceptors (Lipinski definition) is 10. The molecule has 4 amide bonds. The number of likely N-dealkylation sites (tertiary alicyclic amines) is 2. The zero-order valence-electron chi connectivity index (χ0n) is 39.7. The van der Waals surface area contributed by atoms with E-state index in [-0.39, 0.29) is 23.9 Å². The van der Waals surface area contributed by atoms with Crippen LogP contribution in [0, 0.1) is 17.7 Å². The van der Waals surface area contributed by atoms with Crippen LogP contribution in [0.2, 0.25) is 0 Å². The Bertz CT molecular complexity index is 3060. The molecule has 4 aromatic heterocycles. The van der Waals surface area contributed by atoms with Gasteiger partial charge in [-0.25, -0.2) is 28.3 Å². The third-order valence-electron chi connectivity index (χ3n) is 14.6. The van der Waals surface area contributed by atoms with Crippen molar-refractivity contribution in [1.82, 2.24) is 44.9 Å². The maximum Gasteiger partial charge on any atom is 0.407 e. The molecule has 0 bridgehead atoms. The molecular formula is C51H55F2N9O7S. The van der Waals surface area contributed by atoms with E-state index in [9.17, 15) is 19.2 Å². The molecule has 2 saturated carbocycles. The van der Waals surface area contributed by atoms with Crippen molar-refractivity contribution >= 4 is 46.2 Å². The average Bonchev–Trinajstić information content (AvgIpc) is 3.81. The molecule has 366 valence electrons. The molecule has 3 aliphatic heterocycles. The maximum absolute atomic E-state index is 16.9. The van der Waals surface area contributed by atoms with Crippen LogP contribution in [0.25, 0.3) is 44.7 Å². The summed E-state index contributed by atoms with van der Waals surface area (Å²) >= 11 is 1.71. The number of alkyl carbamates (subject to hydrolysis) is 2. The number of benzene rings is 2. The number of alkyl halides is 1. The molecule has 4 fully saturated rings. The molecule has 2 saturated heterocycles. The number of carbonyl (C=O) groups excluding carboxylic acids is 4. The number of H-pyrrole nitrogens is 2. The van der Waals surface area contributed by atoms with E-state index in [2.05, 4.69) is 53.1 Å². The summed E-state index contributed by atoms with van der Waals surface area (Å²) in [5.41, 5.74) is 2.38. The number of nitrogens with zero attached hydrogens (tertiary/aromatic N) is 5. The summed E-state index contributed by atoms with van der Waals surface area (Å²) in [5.74, 6) is 1.01. The Kier molecular flexibility index (Phi) is 11.3. The average molecular weight is 976 g/mol. The molecule has 7 heterocycles. The second-order valence-electron chi connectivity index (χ2n) is 20.1. The van der Waals surface area contributed by atoms with E-state index in [4.69, 9.17) is 14.5 Å². The first-order valence-corrected chi connectivity index (χ1v) is 24.8. The zero-order chi connectivity index (χ0) is 48.9. The normalized spacial score (nSPS) is 22.3. The number of nitrogens with one attached hydrogen (secondary N) is 4. The van der Waals surface area contributed by atoms with Gasteiger partial charge in [-0.05, 0) is 113 Å². The molecule has 5 aliphatic rings. The molecule has 0 radical (unpaired) electrons. The first-order chi connectivity index (χ1) is 33.6. The van der Waals surface area contributed by atoms with Crippen LogP contribution in [0.4, 0.5) is 18.4 Å². The smallest absolute Gasteiger partial charge is 0.407 e. The molecule has 2 aliphatic carbocycles. The first-order valence-electron chi connectivity index (χ1n) is 24.0. The summed E-state index contributed by atoms with van der Waals surface area (Å²) in [4.78, 5) is 74.1. The first kappa shape index (κ1) is 45.7. The van der Waals surface area contributed by atoms with Gasteiger partial charge in [0.1, 0.15) is 41.0 Å². The van der Waals surface area contributed by atoms with Crippen LogP contribution in [0.3, 0.4) is 0 Å². The lowest BCUT2D eigenvalue weighted by molar-refractivity contribution is -0.138. The number of amides is 4. The van der Waals surface area contributed by atoms with Crippen LogP contribution in [-0.4, -0.2) is 103 Å². The molecule has 7 atom stereocenters. The van der Waals surface area contributed by atoms with E-state index >= 15 is 8.78 Å². The molecular weight excluding hydrogens is 921 g/mol. The molecule has 16 nitrogen and oxygen atoms in total. The maximum atomic E-state index is 16.9. The van der Waals surface area contributed by atoms with E-state index in [1.165, 1.54) is 36.8 Å². The number of imidazole rings is 2. The van der Waals surface area contributed by atoms with Crippen LogP contribution in [-0.2, 0) is 19.1 Å². The monoisotopic (exact) mass is 975 g/mol. The van der Waals surface area contributed by atoms with Gasteiger partial charge in [0.05, 0.1) is 71.7 Å². The molecule has 4 N–H and O–H groups in total. The number of piperidine rings is 1. The van der Waals surface area contributed by atoms with Crippen molar-refractivity contribution in [2.75, 3.05) is 20.8 Å². The van der Waals surface area contributed by atoms with Crippen molar-refractivity contribution in [2.24, 2.45) is 11.8 Å². The third kappa shape index (κ3) is 8.04. The minimum atomic E-state index is -2.08. The second kappa shape index (κ2) is 17.3. The lowest BCUT2D eigenvalue weighted by Crippen LogP contribution is -2.56. The quantitative estimate of drug-likeness (QED) is 0.0927. The van der Waals surface area contributed by atoms with Gasteiger partial charge in [-0.1, -0.05) is 19.9 Å². The number of thiophene rings is 1. The largest absolute Gasteiger partial charge is 0.464 e. The summed E-state index contributed by atoms with van der Waals surface area (Å²) in [6, 6.07) is 12.7. The van der Waals surface area contributed by atoms with Crippen molar-refractivity contribution in [3.05, 3.63) is 88.1 Å². The summed E-state index contributed by atoms with van der Waals surface area (Å²) in [6.45, 7) is 6.59. The SMILES string of the molecule is COC(=O)NC(C(=O)N1CCC[C@H]1c1ncc(-c2cc(F)c3c(c2)OC(c2ccc(C4CC4)s2)n2c-3cc3cc(-c4cnc([C@@H]5C[C@H]6C[C@H]6N5C(=O)[C@@H](NC(=O)OC)C(C)C)[nH]4)ccc32)[nH]1)C(C)(C)F. The number of halogens is 2. The second-order valence-corrected chi connectivity index (χ2v) is 21.2. The molecule has 6 aromatic rings. The van der Waals surface area contributed by atoms with E-state index in [0.717, 1.165) is 59.8 Å². The summed E-state index contributed by atoms with van der Waals surface area (Å²) in [7, 11) is 2.44. The van der Waals surface area contributed by atoms with Crippen LogP contribution in [0.1, 0.15) is 112 Å². The van der Waals surface area contributed by atoms with Crippen molar-refractivity contribution in [3.8, 4) is 39.5 Å². The topological polar surface area (TPSA) is 189 Å². The number of fused-ring (bicyclic) bond motifs is 6. The highest BCUT2D eigenvalue weighted by Gasteiger charge is 2.56. The zero-order valence-corrected chi connectivity index (χ0v) is 40.5. The number of rotatable bonds is 12. The minimum absolute atomic E-state index is 0.0978. The third-order valence-corrected chi connectivity index (χ3v) is 15.9. The van der Waals surface area contributed by atoms with Gasteiger partial charge in [0.15, 0.2) is 0 Å². The van der Waals surface area contributed by atoms with Gasteiger partial charge in [-0.3, -0.25) is 14.2 Å². The Balaban J connectivity index is 0.908. The predicted octanol–water partition coefficient (Wildman–Crippen LogP) is 9.28. The number of methoxy groups -OCH3 is 2. The minimum Gasteiger partial charge on any atom is -0.464 e. The van der Waals surface area contributed by atoms with E-state index < -0.39 is 53.9 Å². The molecule has 2 unspecified atom stereocenters.